The van der Waals surface area contributed by atoms with Gasteiger partial charge in [-0.25, -0.2) is 0 Å². The van der Waals surface area contributed by atoms with Crippen molar-refractivity contribution in [1.82, 2.24) is 10.2 Å². The standard InChI is InChI=1S/C20H27N3/c1-17-20(16-21,22-14-18-8-4-2-5-9-18)12-13-23(17)15-19-10-6-3-7-11-19/h2-11,17,22H,12-16,21H2,1H3. The average molecular weight is 309 g/mol. The highest BCUT2D eigenvalue weighted by Gasteiger charge is 2.43. The molecule has 122 valence electrons. The number of hydrogen-bond acceptors (Lipinski definition) is 3. The molecule has 1 fully saturated rings. The molecule has 3 nitrogen and oxygen atoms in total. The van der Waals surface area contributed by atoms with Crippen LogP contribution in [-0.2, 0) is 13.1 Å². The van der Waals surface area contributed by atoms with E-state index in [9.17, 15) is 0 Å². The van der Waals surface area contributed by atoms with Gasteiger partial charge in [0.1, 0.15) is 0 Å². The summed E-state index contributed by atoms with van der Waals surface area (Å²) in [6, 6.07) is 21.7. The monoisotopic (exact) mass is 309 g/mol. The van der Waals surface area contributed by atoms with E-state index in [0.29, 0.717) is 12.6 Å². The molecule has 0 spiro atoms. The summed E-state index contributed by atoms with van der Waals surface area (Å²) in [6.45, 7) is 5.94. The zero-order valence-corrected chi connectivity index (χ0v) is 13.9. The number of benzene rings is 2. The quantitative estimate of drug-likeness (QED) is 0.862. The molecular weight excluding hydrogens is 282 g/mol. The minimum absolute atomic E-state index is 0.00459. The van der Waals surface area contributed by atoms with Crippen molar-refractivity contribution in [3.05, 3.63) is 71.8 Å². The Hall–Kier alpha value is -1.68. The summed E-state index contributed by atoms with van der Waals surface area (Å²) in [6.07, 6.45) is 1.10. The van der Waals surface area contributed by atoms with Gasteiger partial charge in [0.15, 0.2) is 0 Å². The Balaban J connectivity index is 1.65. The molecule has 1 heterocycles. The Kier molecular flexibility index (Phi) is 5.11. The zero-order chi connectivity index (χ0) is 16.1. The van der Waals surface area contributed by atoms with Gasteiger partial charge in [0, 0.05) is 37.8 Å². The minimum atomic E-state index is 0.00459. The molecule has 1 aliphatic heterocycles. The second kappa shape index (κ2) is 7.26. The first-order valence-electron chi connectivity index (χ1n) is 8.50. The molecule has 0 saturated carbocycles. The summed E-state index contributed by atoms with van der Waals surface area (Å²) in [5.74, 6) is 0. The predicted molar refractivity (Wildman–Crippen MR) is 96.0 cm³/mol. The predicted octanol–water partition coefficient (Wildman–Crippen LogP) is 2.77. The van der Waals surface area contributed by atoms with Gasteiger partial charge in [-0.3, -0.25) is 4.90 Å². The van der Waals surface area contributed by atoms with Crippen LogP contribution in [0, 0.1) is 0 Å². The molecule has 0 bridgehead atoms. The average Bonchev–Trinajstić information content (AvgIpc) is 2.92. The van der Waals surface area contributed by atoms with Crippen LogP contribution in [0.3, 0.4) is 0 Å². The molecule has 3 rings (SSSR count). The highest BCUT2D eigenvalue weighted by Crippen LogP contribution is 2.29. The molecule has 0 amide bonds. The summed E-state index contributed by atoms with van der Waals surface area (Å²) in [5, 5.41) is 3.76. The van der Waals surface area contributed by atoms with Crippen LogP contribution < -0.4 is 11.1 Å². The number of likely N-dealkylation sites (tertiary alicyclic amines) is 1. The maximum atomic E-state index is 6.19. The van der Waals surface area contributed by atoms with Crippen LogP contribution in [0.25, 0.3) is 0 Å². The first-order valence-corrected chi connectivity index (χ1v) is 8.50. The van der Waals surface area contributed by atoms with Gasteiger partial charge in [-0.05, 0) is 24.5 Å². The SMILES string of the molecule is CC1N(Cc2ccccc2)CCC1(CN)NCc1ccccc1. The first kappa shape index (κ1) is 16.2. The van der Waals surface area contributed by atoms with Crippen molar-refractivity contribution < 1.29 is 0 Å². The summed E-state index contributed by atoms with van der Waals surface area (Å²) >= 11 is 0. The molecule has 1 saturated heterocycles. The lowest BCUT2D eigenvalue weighted by molar-refractivity contribution is 0.192. The topological polar surface area (TPSA) is 41.3 Å². The smallest absolute Gasteiger partial charge is 0.0473 e. The second-order valence-electron chi connectivity index (χ2n) is 6.58. The molecule has 2 aromatic carbocycles. The van der Waals surface area contributed by atoms with Gasteiger partial charge in [-0.1, -0.05) is 60.7 Å². The Morgan fingerprint density at radius 1 is 1.04 bits per heavy atom. The Morgan fingerprint density at radius 2 is 1.65 bits per heavy atom. The van der Waals surface area contributed by atoms with E-state index in [1.807, 2.05) is 0 Å². The fourth-order valence-electron chi connectivity index (χ4n) is 3.58. The van der Waals surface area contributed by atoms with Crippen LogP contribution in [0.1, 0.15) is 24.5 Å². The van der Waals surface area contributed by atoms with Crippen molar-refractivity contribution in [2.75, 3.05) is 13.1 Å². The molecule has 0 aliphatic carbocycles. The van der Waals surface area contributed by atoms with E-state index in [1.165, 1.54) is 11.1 Å². The van der Waals surface area contributed by atoms with Crippen LogP contribution in [-0.4, -0.2) is 29.6 Å². The Morgan fingerprint density at radius 3 is 2.26 bits per heavy atom. The molecule has 0 radical (unpaired) electrons. The van der Waals surface area contributed by atoms with Gasteiger partial charge in [0.2, 0.25) is 0 Å². The summed E-state index contributed by atoms with van der Waals surface area (Å²) < 4.78 is 0. The van der Waals surface area contributed by atoms with Gasteiger partial charge < -0.3 is 11.1 Å². The third-order valence-corrected chi connectivity index (χ3v) is 5.27. The fraction of sp³-hybridized carbons (Fsp3) is 0.400. The van der Waals surface area contributed by atoms with E-state index in [-0.39, 0.29) is 5.54 Å². The number of nitrogens with zero attached hydrogens (tertiary/aromatic N) is 1. The van der Waals surface area contributed by atoms with Gasteiger partial charge in [-0.15, -0.1) is 0 Å². The van der Waals surface area contributed by atoms with Gasteiger partial charge in [0.25, 0.3) is 0 Å². The Bertz CT molecular complexity index is 599. The lowest BCUT2D eigenvalue weighted by Crippen LogP contribution is -2.57. The molecule has 2 unspecified atom stereocenters. The fourth-order valence-corrected chi connectivity index (χ4v) is 3.58. The maximum Gasteiger partial charge on any atom is 0.0473 e. The van der Waals surface area contributed by atoms with Crippen molar-refractivity contribution in [3.63, 3.8) is 0 Å². The van der Waals surface area contributed by atoms with Crippen molar-refractivity contribution in [3.8, 4) is 0 Å². The van der Waals surface area contributed by atoms with Crippen LogP contribution in [0.2, 0.25) is 0 Å². The van der Waals surface area contributed by atoms with E-state index in [2.05, 4.69) is 77.8 Å². The second-order valence-corrected chi connectivity index (χ2v) is 6.58. The minimum Gasteiger partial charge on any atom is -0.329 e. The lowest BCUT2D eigenvalue weighted by atomic mass is 9.90. The van der Waals surface area contributed by atoms with Crippen LogP contribution in [0.15, 0.2) is 60.7 Å². The molecule has 3 N–H and O–H groups in total. The van der Waals surface area contributed by atoms with Crippen molar-refractivity contribution >= 4 is 0 Å². The molecule has 0 aromatic heterocycles. The molecule has 2 atom stereocenters. The highest BCUT2D eigenvalue weighted by atomic mass is 15.2. The Labute approximate surface area is 139 Å². The largest absolute Gasteiger partial charge is 0.329 e. The number of rotatable bonds is 6. The number of nitrogens with one attached hydrogen (secondary N) is 1. The van der Waals surface area contributed by atoms with Crippen LogP contribution >= 0.6 is 0 Å². The van der Waals surface area contributed by atoms with Crippen molar-refractivity contribution in [1.29, 1.82) is 0 Å². The lowest BCUT2D eigenvalue weighted by Gasteiger charge is -2.36. The van der Waals surface area contributed by atoms with Gasteiger partial charge in [0.05, 0.1) is 0 Å². The van der Waals surface area contributed by atoms with Crippen LogP contribution in [0.5, 0.6) is 0 Å². The van der Waals surface area contributed by atoms with E-state index in [4.69, 9.17) is 5.73 Å². The molecule has 1 aliphatic rings. The normalized spacial score (nSPS) is 24.9. The molecule has 23 heavy (non-hydrogen) atoms. The van der Waals surface area contributed by atoms with Gasteiger partial charge in [-0.2, -0.15) is 0 Å². The van der Waals surface area contributed by atoms with Gasteiger partial charge >= 0.3 is 0 Å². The number of hydrogen-bond donors (Lipinski definition) is 2. The van der Waals surface area contributed by atoms with E-state index in [0.717, 1.165) is 26.1 Å². The highest BCUT2D eigenvalue weighted by molar-refractivity contribution is 5.18. The van der Waals surface area contributed by atoms with Crippen molar-refractivity contribution in [2.45, 2.75) is 38.0 Å². The third-order valence-electron chi connectivity index (χ3n) is 5.27. The summed E-state index contributed by atoms with van der Waals surface area (Å²) in [5.41, 5.74) is 8.88. The molecule has 2 aromatic rings. The summed E-state index contributed by atoms with van der Waals surface area (Å²) in [4.78, 5) is 2.54. The van der Waals surface area contributed by atoms with Crippen LogP contribution in [0.4, 0.5) is 0 Å². The third kappa shape index (κ3) is 3.63. The summed E-state index contributed by atoms with van der Waals surface area (Å²) in [7, 11) is 0. The first-order chi connectivity index (χ1) is 11.2. The zero-order valence-electron chi connectivity index (χ0n) is 13.9. The van der Waals surface area contributed by atoms with E-state index < -0.39 is 0 Å². The number of nitrogens with two attached hydrogens (primary N) is 1. The van der Waals surface area contributed by atoms with E-state index >= 15 is 0 Å². The molecular formula is C20H27N3. The van der Waals surface area contributed by atoms with E-state index in [1.54, 1.807) is 0 Å². The molecule has 3 heteroatoms. The van der Waals surface area contributed by atoms with Crippen molar-refractivity contribution in [2.24, 2.45) is 5.73 Å². The maximum absolute atomic E-state index is 6.19.